The molecule has 3 rings (SSSR count). The molecule has 6 heteroatoms. The van der Waals surface area contributed by atoms with Gasteiger partial charge in [0, 0.05) is 24.3 Å². The maximum Gasteiger partial charge on any atom is 0.264 e. The highest BCUT2D eigenvalue weighted by Crippen LogP contribution is 2.26. The second-order valence-electron chi connectivity index (χ2n) is 4.63. The van der Waals surface area contributed by atoms with E-state index < -0.39 is 0 Å². The van der Waals surface area contributed by atoms with Crippen molar-refractivity contribution in [3.63, 3.8) is 0 Å². The molecule has 1 aromatic carbocycles. The van der Waals surface area contributed by atoms with Crippen molar-refractivity contribution < 1.29 is 9.53 Å². The molecule has 0 saturated carbocycles. The molecular weight excluding hydrogens is 296 g/mol. The van der Waals surface area contributed by atoms with Gasteiger partial charge in [-0.25, -0.2) is 0 Å². The van der Waals surface area contributed by atoms with Gasteiger partial charge in [0.15, 0.2) is 0 Å². The minimum atomic E-state index is -0.0351. The molecule has 2 heterocycles. The van der Waals surface area contributed by atoms with Gasteiger partial charge in [0.25, 0.3) is 5.91 Å². The zero-order chi connectivity index (χ0) is 13.2. The number of rotatable bonds is 2. The molecule has 0 radical (unpaired) electrons. The highest BCUT2D eigenvalue weighted by molar-refractivity contribution is 7.20. The predicted molar refractivity (Wildman–Crippen MR) is 83.8 cm³/mol. The third-order valence-electron chi connectivity index (χ3n) is 3.33. The number of hydrogen-bond acceptors (Lipinski definition) is 4. The summed E-state index contributed by atoms with van der Waals surface area (Å²) >= 11 is 1.54. The molecule has 4 nitrogen and oxygen atoms in total. The number of nitrogens with two attached hydrogens (primary N) is 1. The Balaban J connectivity index is 0.00000147. The van der Waals surface area contributed by atoms with Gasteiger partial charge < -0.3 is 15.4 Å². The standard InChI is InChI=1S/C14H16N2O2S.ClH/c15-8-11-9-16(5-6-18-11)14(17)13-7-10-3-1-2-4-12(10)19-13;/h1-4,7,11H,5-6,8-9,15H2;1H. The molecule has 1 amide bonds. The van der Waals surface area contributed by atoms with E-state index in [0.717, 1.165) is 15.0 Å². The van der Waals surface area contributed by atoms with Crippen molar-refractivity contribution in [3.05, 3.63) is 35.2 Å². The van der Waals surface area contributed by atoms with Gasteiger partial charge in [-0.2, -0.15) is 0 Å². The number of hydrogen-bond donors (Lipinski definition) is 1. The van der Waals surface area contributed by atoms with Crippen LogP contribution in [0, 0.1) is 0 Å². The highest BCUT2D eigenvalue weighted by Gasteiger charge is 2.25. The van der Waals surface area contributed by atoms with Gasteiger partial charge in [-0.05, 0) is 17.5 Å². The predicted octanol–water partition coefficient (Wildman–Crippen LogP) is 2.12. The maximum atomic E-state index is 12.5. The summed E-state index contributed by atoms with van der Waals surface area (Å²) in [6.07, 6.45) is -0.0351. The van der Waals surface area contributed by atoms with Crippen molar-refractivity contribution in [3.8, 4) is 0 Å². The van der Waals surface area contributed by atoms with Crippen LogP contribution in [-0.2, 0) is 4.74 Å². The van der Waals surface area contributed by atoms with E-state index in [2.05, 4.69) is 0 Å². The summed E-state index contributed by atoms with van der Waals surface area (Å²) < 4.78 is 6.63. The Hall–Kier alpha value is -1.14. The third-order valence-corrected chi connectivity index (χ3v) is 4.43. The molecule has 2 aromatic rings. The highest BCUT2D eigenvalue weighted by atomic mass is 35.5. The number of fused-ring (bicyclic) bond motifs is 1. The van der Waals surface area contributed by atoms with Crippen LogP contribution < -0.4 is 5.73 Å². The summed E-state index contributed by atoms with van der Waals surface area (Å²) in [6, 6.07) is 10.0. The molecule has 1 aromatic heterocycles. The van der Waals surface area contributed by atoms with Gasteiger partial charge in [0.1, 0.15) is 0 Å². The maximum absolute atomic E-state index is 12.5. The van der Waals surface area contributed by atoms with Crippen molar-refractivity contribution in [2.24, 2.45) is 5.73 Å². The molecular formula is C14H17ClN2O2S. The minimum Gasteiger partial charge on any atom is -0.373 e. The van der Waals surface area contributed by atoms with Gasteiger partial charge in [-0.3, -0.25) is 4.79 Å². The fraction of sp³-hybridized carbons (Fsp3) is 0.357. The number of amides is 1. The first-order chi connectivity index (χ1) is 9.28. The second kappa shape index (κ2) is 6.54. The van der Waals surface area contributed by atoms with Crippen molar-refractivity contribution in [1.29, 1.82) is 0 Å². The van der Waals surface area contributed by atoms with E-state index in [1.54, 1.807) is 11.3 Å². The number of morpholine rings is 1. The Kier molecular flexibility index (Phi) is 4.99. The number of carbonyl (C=O) groups is 1. The van der Waals surface area contributed by atoms with Crippen LogP contribution in [0.25, 0.3) is 10.1 Å². The Labute approximate surface area is 127 Å². The summed E-state index contributed by atoms with van der Waals surface area (Å²) in [4.78, 5) is 15.1. The largest absolute Gasteiger partial charge is 0.373 e. The van der Waals surface area contributed by atoms with E-state index in [1.807, 2.05) is 35.2 Å². The number of ether oxygens (including phenoxy) is 1. The van der Waals surface area contributed by atoms with Crippen LogP contribution in [0.1, 0.15) is 9.67 Å². The van der Waals surface area contributed by atoms with Crippen molar-refractivity contribution in [2.45, 2.75) is 6.10 Å². The molecule has 0 spiro atoms. The van der Waals surface area contributed by atoms with Crippen LogP contribution >= 0.6 is 23.7 Å². The number of halogens is 1. The second-order valence-corrected chi connectivity index (χ2v) is 5.71. The topological polar surface area (TPSA) is 55.6 Å². The molecule has 1 saturated heterocycles. The SMILES string of the molecule is Cl.NCC1CN(C(=O)c2cc3ccccc3s2)CCO1. The first-order valence-electron chi connectivity index (χ1n) is 6.37. The van der Waals surface area contributed by atoms with Crippen LogP contribution in [0.5, 0.6) is 0 Å². The lowest BCUT2D eigenvalue weighted by atomic mass is 10.2. The number of thiophene rings is 1. The summed E-state index contributed by atoms with van der Waals surface area (Å²) in [5, 5.41) is 1.12. The summed E-state index contributed by atoms with van der Waals surface area (Å²) in [7, 11) is 0. The van der Waals surface area contributed by atoms with E-state index in [4.69, 9.17) is 10.5 Å². The van der Waals surface area contributed by atoms with E-state index in [9.17, 15) is 4.79 Å². The average Bonchev–Trinajstić information content (AvgIpc) is 2.90. The smallest absolute Gasteiger partial charge is 0.264 e. The lowest BCUT2D eigenvalue weighted by Crippen LogP contribution is -2.47. The Bertz CT molecular complexity index is 569. The molecule has 0 bridgehead atoms. The van der Waals surface area contributed by atoms with Gasteiger partial charge in [0.2, 0.25) is 0 Å². The molecule has 0 aliphatic carbocycles. The van der Waals surface area contributed by atoms with E-state index >= 15 is 0 Å². The molecule has 1 aliphatic heterocycles. The van der Waals surface area contributed by atoms with E-state index in [0.29, 0.717) is 26.2 Å². The Morgan fingerprint density at radius 3 is 3.00 bits per heavy atom. The zero-order valence-electron chi connectivity index (χ0n) is 11.0. The third kappa shape index (κ3) is 2.96. The van der Waals surface area contributed by atoms with Gasteiger partial charge in [-0.1, -0.05) is 18.2 Å². The molecule has 1 unspecified atom stereocenters. The van der Waals surface area contributed by atoms with E-state index in [1.165, 1.54) is 0 Å². The monoisotopic (exact) mass is 312 g/mol. The fourth-order valence-electron chi connectivity index (χ4n) is 2.29. The Morgan fingerprint density at radius 1 is 1.45 bits per heavy atom. The first kappa shape index (κ1) is 15.3. The number of carbonyl (C=O) groups excluding carboxylic acids is 1. The molecule has 20 heavy (non-hydrogen) atoms. The van der Waals surface area contributed by atoms with Crippen molar-refractivity contribution in [1.82, 2.24) is 4.90 Å². The van der Waals surface area contributed by atoms with Crippen LogP contribution in [-0.4, -0.2) is 43.2 Å². The number of benzene rings is 1. The van der Waals surface area contributed by atoms with Crippen LogP contribution in [0.4, 0.5) is 0 Å². The van der Waals surface area contributed by atoms with Gasteiger partial charge >= 0.3 is 0 Å². The van der Waals surface area contributed by atoms with Crippen LogP contribution in [0.15, 0.2) is 30.3 Å². The zero-order valence-corrected chi connectivity index (χ0v) is 12.6. The molecule has 1 aliphatic rings. The summed E-state index contributed by atoms with van der Waals surface area (Å²) in [5.74, 6) is 0.0861. The fourth-order valence-corrected chi connectivity index (χ4v) is 3.32. The van der Waals surface area contributed by atoms with Crippen LogP contribution in [0.3, 0.4) is 0 Å². The summed E-state index contributed by atoms with van der Waals surface area (Å²) in [5.41, 5.74) is 5.61. The number of nitrogens with zero attached hydrogens (tertiary/aromatic N) is 1. The van der Waals surface area contributed by atoms with Gasteiger partial charge in [-0.15, -0.1) is 23.7 Å². The Morgan fingerprint density at radius 2 is 2.25 bits per heavy atom. The first-order valence-corrected chi connectivity index (χ1v) is 7.19. The molecule has 1 fully saturated rings. The van der Waals surface area contributed by atoms with Gasteiger partial charge in [0.05, 0.1) is 17.6 Å². The van der Waals surface area contributed by atoms with E-state index in [-0.39, 0.29) is 24.4 Å². The lowest BCUT2D eigenvalue weighted by Gasteiger charge is -2.32. The molecule has 1 atom stereocenters. The van der Waals surface area contributed by atoms with Crippen molar-refractivity contribution >= 4 is 39.7 Å². The quantitative estimate of drug-likeness (QED) is 0.924. The van der Waals surface area contributed by atoms with Crippen LogP contribution in [0.2, 0.25) is 0 Å². The minimum absolute atomic E-state index is 0. The lowest BCUT2D eigenvalue weighted by molar-refractivity contribution is -0.0165. The molecule has 2 N–H and O–H groups in total. The normalized spacial score (nSPS) is 18.9. The average molecular weight is 313 g/mol. The summed E-state index contributed by atoms with van der Waals surface area (Å²) in [6.45, 7) is 2.25. The van der Waals surface area contributed by atoms with Crippen molar-refractivity contribution in [2.75, 3.05) is 26.2 Å². The molecule has 108 valence electrons.